The Hall–Kier alpha value is -2.95. The first-order valence-corrected chi connectivity index (χ1v) is 6.59. The molecular formula is C17H12FNO3. The number of rotatable bonds is 3. The van der Waals surface area contributed by atoms with Crippen LogP contribution in [0, 0.1) is 5.82 Å². The van der Waals surface area contributed by atoms with Crippen LogP contribution in [-0.2, 0) is 4.74 Å². The van der Waals surface area contributed by atoms with Crippen LogP contribution in [0.5, 0.6) is 0 Å². The summed E-state index contributed by atoms with van der Waals surface area (Å²) in [4.78, 5) is 11.6. The molecule has 0 fully saturated rings. The monoisotopic (exact) mass is 297 g/mol. The maximum atomic E-state index is 12.9. The van der Waals surface area contributed by atoms with E-state index in [0.29, 0.717) is 17.0 Å². The second-order valence-corrected chi connectivity index (χ2v) is 4.66. The van der Waals surface area contributed by atoms with Crippen LogP contribution in [-0.4, -0.2) is 18.2 Å². The maximum absolute atomic E-state index is 12.9. The number of benzene rings is 2. The van der Waals surface area contributed by atoms with E-state index in [1.54, 1.807) is 36.4 Å². The molecule has 0 atom stereocenters. The summed E-state index contributed by atoms with van der Waals surface area (Å²) in [5.74, 6) is -0.197. The van der Waals surface area contributed by atoms with Crippen molar-refractivity contribution in [2.24, 2.45) is 0 Å². The van der Waals surface area contributed by atoms with Gasteiger partial charge in [-0.2, -0.15) is 0 Å². The Bertz CT molecular complexity index is 809. The van der Waals surface area contributed by atoms with Gasteiger partial charge in [0.25, 0.3) is 0 Å². The minimum Gasteiger partial charge on any atom is -0.465 e. The Kier molecular flexibility index (Phi) is 3.70. The summed E-state index contributed by atoms with van der Waals surface area (Å²) in [6.07, 6.45) is 0. The summed E-state index contributed by atoms with van der Waals surface area (Å²) in [6.45, 7) is 0. The molecule has 3 rings (SSSR count). The quantitative estimate of drug-likeness (QED) is 0.687. The van der Waals surface area contributed by atoms with E-state index >= 15 is 0 Å². The molecule has 2 aromatic carbocycles. The fourth-order valence-corrected chi connectivity index (χ4v) is 2.08. The van der Waals surface area contributed by atoms with Crippen LogP contribution in [0.25, 0.3) is 22.6 Å². The third-order valence-corrected chi connectivity index (χ3v) is 3.22. The molecule has 1 heterocycles. The molecule has 22 heavy (non-hydrogen) atoms. The Balaban J connectivity index is 1.94. The SMILES string of the molecule is COC(=O)c1cccc(-c2cc(-c3ccc(F)cc3)on2)c1. The van der Waals surface area contributed by atoms with Crippen LogP contribution in [0.15, 0.2) is 59.1 Å². The van der Waals surface area contributed by atoms with Crippen molar-refractivity contribution < 1.29 is 18.4 Å². The van der Waals surface area contributed by atoms with Gasteiger partial charge in [0.1, 0.15) is 11.5 Å². The van der Waals surface area contributed by atoms with Gasteiger partial charge in [0.15, 0.2) is 5.76 Å². The molecule has 0 aliphatic heterocycles. The van der Waals surface area contributed by atoms with Crippen LogP contribution in [0.1, 0.15) is 10.4 Å². The van der Waals surface area contributed by atoms with Crippen LogP contribution >= 0.6 is 0 Å². The van der Waals surface area contributed by atoms with Gasteiger partial charge in [-0.3, -0.25) is 0 Å². The smallest absolute Gasteiger partial charge is 0.337 e. The minimum atomic E-state index is -0.413. The molecule has 110 valence electrons. The Morgan fingerprint density at radius 3 is 2.59 bits per heavy atom. The van der Waals surface area contributed by atoms with Crippen molar-refractivity contribution in [2.75, 3.05) is 7.11 Å². The van der Waals surface area contributed by atoms with Crippen molar-refractivity contribution >= 4 is 5.97 Å². The van der Waals surface area contributed by atoms with Crippen molar-refractivity contribution in [3.8, 4) is 22.6 Å². The highest BCUT2D eigenvalue weighted by atomic mass is 19.1. The number of aromatic nitrogens is 1. The Labute approximate surface area is 126 Å². The van der Waals surface area contributed by atoms with E-state index in [2.05, 4.69) is 5.16 Å². The molecule has 5 heteroatoms. The van der Waals surface area contributed by atoms with Crippen molar-refractivity contribution in [2.45, 2.75) is 0 Å². The third-order valence-electron chi connectivity index (χ3n) is 3.22. The van der Waals surface area contributed by atoms with Gasteiger partial charge in [-0.05, 0) is 36.4 Å². The first-order chi connectivity index (χ1) is 10.7. The summed E-state index contributed by atoms with van der Waals surface area (Å²) in [7, 11) is 1.33. The molecule has 3 aromatic rings. The fourth-order valence-electron chi connectivity index (χ4n) is 2.08. The fraction of sp³-hybridized carbons (Fsp3) is 0.0588. The van der Waals surface area contributed by atoms with Gasteiger partial charge in [-0.1, -0.05) is 17.3 Å². The van der Waals surface area contributed by atoms with E-state index in [9.17, 15) is 9.18 Å². The molecule has 0 spiro atoms. The van der Waals surface area contributed by atoms with Crippen LogP contribution in [0.3, 0.4) is 0 Å². The number of hydrogen-bond acceptors (Lipinski definition) is 4. The topological polar surface area (TPSA) is 52.3 Å². The lowest BCUT2D eigenvalue weighted by Gasteiger charge is -2.00. The predicted molar refractivity (Wildman–Crippen MR) is 78.7 cm³/mol. The zero-order valence-electron chi connectivity index (χ0n) is 11.7. The lowest BCUT2D eigenvalue weighted by Crippen LogP contribution is -2.00. The molecule has 0 aliphatic carbocycles. The molecule has 0 saturated heterocycles. The van der Waals surface area contributed by atoms with Gasteiger partial charge < -0.3 is 9.26 Å². The first kappa shape index (κ1) is 14.0. The van der Waals surface area contributed by atoms with Gasteiger partial charge in [0.05, 0.1) is 12.7 Å². The Morgan fingerprint density at radius 1 is 1.09 bits per heavy atom. The van der Waals surface area contributed by atoms with Gasteiger partial charge in [0.2, 0.25) is 0 Å². The number of hydrogen-bond donors (Lipinski definition) is 0. The van der Waals surface area contributed by atoms with E-state index in [4.69, 9.17) is 9.26 Å². The van der Waals surface area contributed by atoms with E-state index in [-0.39, 0.29) is 5.82 Å². The number of esters is 1. The molecule has 0 unspecified atom stereocenters. The van der Waals surface area contributed by atoms with Gasteiger partial charge in [-0.25, -0.2) is 9.18 Å². The van der Waals surface area contributed by atoms with Crippen molar-refractivity contribution in [3.05, 3.63) is 66.0 Å². The third kappa shape index (κ3) is 2.74. The molecule has 0 radical (unpaired) electrons. The van der Waals surface area contributed by atoms with Crippen molar-refractivity contribution in [1.82, 2.24) is 5.16 Å². The highest BCUT2D eigenvalue weighted by molar-refractivity contribution is 5.90. The second-order valence-electron chi connectivity index (χ2n) is 4.66. The average Bonchev–Trinajstić information content (AvgIpc) is 3.05. The van der Waals surface area contributed by atoms with Crippen molar-refractivity contribution in [3.63, 3.8) is 0 Å². The van der Waals surface area contributed by atoms with E-state index in [1.165, 1.54) is 19.2 Å². The number of carbonyl (C=O) groups excluding carboxylic acids is 1. The standard InChI is InChI=1S/C17H12FNO3/c1-21-17(20)13-4-2-3-12(9-13)15-10-16(22-19-15)11-5-7-14(18)8-6-11/h2-10H,1H3. The summed E-state index contributed by atoms with van der Waals surface area (Å²) >= 11 is 0. The predicted octanol–water partition coefficient (Wildman–Crippen LogP) is 3.93. The molecule has 1 aromatic heterocycles. The Morgan fingerprint density at radius 2 is 1.86 bits per heavy atom. The summed E-state index contributed by atoms with van der Waals surface area (Å²) in [6, 6.07) is 14.6. The largest absolute Gasteiger partial charge is 0.465 e. The van der Waals surface area contributed by atoms with Gasteiger partial charge in [0, 0.05) is 17.2 Å². The van der Waals surface area contributed by atoms with E-state index in [0.717, 1.165) is 11.1 Å². The molecular weight excluding hydrogens is 285 g/mol. The summed E-state index contributed by atoms with van der Waals surface area (Å²) < 4.78 is 22.9. The molecule has 0 bridgehead atoms. The first-order valence-electron chi connectivity index (χ1n) is 6.59. The minimum absolute atomic E-state index is 0.311. The van der Waals surface area contributed by atoms with Crippen molar-refractivity contribution in [1.29, 1.82) is 0 Å². The zero-order valence-corrected chi connectivity index (χ0v) is 11.7. The highest BCUT2D eigenvalue weighted by Gasteiger charge is 2.11. The molecule has 0 aliphatic rings. The normalized spacial score (nSPS) is 10.5. The van der Waals surface area contributed by atoms with Gasteiger partial charge in [-0.15, -0.1) is 0 Å². The number of nitrogens with zero attached hydrogens (tertiary/aromatic N) is 1. The summed E-state index contributed by atoms with van der Waals surface area (Å²) in [5, 5.41) is 3.99. The molecule has 0 N–H and O–H groups in total. The lowest BCUT2D eigenvalue weighted by molar-refractivity contribution is 0.0601. The second kappa shape index (κ2) is 5.81. The number of halogens is 1. The van der Waals surface area contributed by atoms with E-state index in [1.807, 2.05) is 6.07 Å². The van der Waals surface area contributed by atoms with Crippen LogP contribution in [0.4, 0.5) is 4.39 Å². The van der Waals surface area contributed by atoms with Crippen LogP contribution < -0.4 is 0 Å². The van der Waals surface area contributed by atoms with Gasteiger partial charge >= 0.3 is 5.97 Å². The summed E-state index contributed by atoms with van der Waals surface area (Å²) in [5.41, 5.74) is 2.49. The molecule has 4 nitrogen and oxygen atoms in total. The highest BCUT2D eigenvalue weighted by Crippen LogP contribution is 2.26. The van der Waals surface area contributed by atoms with Crippen LogP contribution in [0.2, 0.25) is 0 Å². The maximum Gasteiger partial charge on any atom is 0.337 e. The van der Waals surface area contributed by atoms with E-state index < -0.39 is 5.97 Å². The number of carbonyl (C=O) groups is 1. The molecule has 0 amide bonds. The average molecular weight is 297 g/mol. The lowest BCUT2D eigenvalue weighted by atomic mass is 10.1. The number of ether oxygens (including phenoxy) is 1. The zero-order chi connectivity index (χ0) is 15.5. The number of methoxy groups -OCH3 is 1. The molecule has 0 saturated carbocycles.